The van der Waals surface area contributed by atoms with Gasteiger partial charge in [0.15, 0.2) is 6.29 Å². The van der Waals surface area contributed by atoms with Crippen molar-refractivity contribution >= 4 is 0 Å². The standard InChI is InChI=1S/C26H46O8/c1-6-24(3,34-22-21(31)20(30)19(29)16(14-27)33-22)12-8-18-25(4)11-7-10-23(2,15-28)17(25)9-13-26(18,5)32/h6,16-22,27-32H,1,7-15H2,2-5H3/t16-,17-,18+,19-,20+,21-,22+,23+,24+,25-,26+/m1/s1. The van der Waals surface area contributed by atoms with Crippen LogP contribution in [-0.2, 0) is 9.47 Å². The van der Waals surface area contributed by atoms with E-state index in [0.717, 1.165) is 25.7 Å². The fourth-order valence-corrected chi connectivity index (χ4v) is 7.33. The van der Waals surface area contributed by atoms with E-state index < -0.39 is 48.5 Å². The molecule has 34 heavy (non-hydrogen) atoms. The maximum Gasteiger partial charge on any atom is 0.187 e. The number of aliphatic hydroxyl groups excluding tert-OH is 5. The van der Waals surface area contributed by atoms with Crippen LogP contribution in [0, 0.1) is 22.7 Å². The smallest absolute Gasteiger partial charge is 0.187 e. The van der Waals surface area contributed by atoms with Crippen molar-refractivity contribution < 1.29 is 40.1 Å². The van der Waals surface area contributed by atoms with E-state index in [1.165, 1.54) is 0 Å². The molecule has 198 valence electrons. The van der Waals surface area contributed by atoms with Gasteiger partial charge in [0.1, 0.15) is 24.4 Å². The van der Waals surface area contributed by atoms with Gasteiger partial charge in [-0.15, -0.1) is 6.58 Å². The highest BCUT2D eigenvalue weighted by Crippen LogP contribution is 2.63. The van der Waals surface area contributed by atoms with Crippen molar-refractivity contribution in [3.8, 4) is 0 Å². The maximum atomic E-state index is 11.5. The Morgan fingerprint density at radius 2 is 1.74 bits per heavy atom. The molecule has 8 nitrogen and oxygen atoms in total. The minimum atomic E-state index is -1.51. The third kappa shape index (κ3) is 4.98. The lowest BCUT2D eigenvalue weighted by Gasteiger charge is -2.62. The van der Waals surface area contributed by atoms with Crippen LogP contribution in [0.15, 0.2) is 12.7 Å². The predicted octanol–water partition coefficient (Wildman–Crippen LogP) is 1.49. The number of fused-ring (bicyclic) bond motifs is 1. The molecule has 0 aromatic rings. The van der Waals surface area contributed by atoms with Gasteiger partial charge in [-0.25, -0.2) is 0 Å². The SMILES string of the molecule is C=C[C@@](C)(CC[C@H]1[C@]2(C)CCC[C@@](C)(CO)[C@H]2CC[C@]1(C)O)O[C@@H]1O[C@H](CO)[C@@H](O)[C@H](O)[C@H]1O. The van der Waals surface area contributed by atoms with E-state index in [0.29, 0.717) is 25.2 Å². The van der Waals surface area contributed by atoms with Crippen LogP contribution < -0.4 is 0 Å². The first kappa shape index (κ1) is 28.0. The average molecular weight is 487 g/mol. The lowest BCUT2D eigenvalue weighted by atomic mass is 9.44. The summed E-state index contributed by atoms with van der Waals surface area (Å²) in [5, 5.41) is 61.7. The molecule has 0 bridgehead atoms. The zero-order chi connectivity index (χ0) is 25.5. The van der Waals surface area contributed by atoms with Crippen LogP contribution in [0.5, 0.6) is 0 Å². The van der Waals surface area contributed by atoms with Crippen molar-refractivity contribution in [1.29, 1.82) is 0 Å². The Kier molecular flexibility index (Phi) is 8.28. The molecule has 6 N–H and O–H groups in total. The molecule has 0 unspecified atom stereocenters. The quantitative estimate of drug-likeness (QED) is 0.284. The maximum absolute atomic E-state index is 11.5. The van der Waals surface area contributed by atoms with Crippen LogP contribution in [0.4, 0.5) is 0 Å². The van der Waals surface area contributed by atoms with E-state index in [4.69, 9.17) is 9.47 Å². The minimum absolute atomic E-state index is 0.0254. The van der Waals surface area contributed by atoms with Crippen molar-refractivity contribution in [2.24, 2.45) is 22.7 Å². The summed E-state index contributed by atoms with van der Waals surface area (Å²) in [6, 6.07) is 0. The summed E-state index contributed by atoms with van der Waals surface area (Å²) in [5.41, 5.74) is -2.09. The second-order valence-corrected chi connectivity index (χ2v) is 12.0. The molecule has 1 aliphatic heterocycles. The van der Waals surface area contributed by atoms with E-state index >= 15 is 0 Å². The van der Waals surface area contributed by atoms with Crippen LogP contribution in [0.2, 0.25) is 0 Å². The summed E-state index contributed by atoms with van der Waals surface area (Å²) in [4.78, 5) is 0. The molecule has 2 saturated carbocycles. The molecular formula is C26H46O8. The number of hydrogen-bond acceptors (Lipinski definition) is 8. The lowest BCUT2D eigenvalue weighted by Crippen LogP contribution is -2.60. The molecule has 0 radical (unpaired) electrons. The van der Waals surface area contributed by atoms with Crippen molar-refractivity contribution in [3.05, 3.63) is 12.7 Å². The van der Waals surface area contributed by atoms with Crippen LogP contribution in [0.3, 0.4) is 0 Å². The van der Waals surface area contributed by atoms with Crippen LogP contribution in [-0.4, -0.2) is 85.8 Å². The van der Waals surface area contributed by atoms with Crippen LogP contribution in [0.1, 0.15) is 72.6 Å². The van der Waals surface area contributed by atoms with Gasteiger partial charge in [-0.1, -0.05) is 26.3 Å². The summed E-state index contributed by atoms with van der Waals surface area (Å²) in [5.74, 6) is 0.285. The van der Waals surface area contributed by atoms with Gasteiger partial charge in [-0.3, -0.25) is 0 Å². The summed E-state index contributed by atoms with van der Waals surface area (Å²) in [7, 11) is 0. The Bertz CT molecular complexity index is 713. The third-order valence-electron chi connectivity index (χ3n) is 9.54. The second-order valence-electron chi connectivity index (χ2n) is 12.0. The van der Waals surface area contributed by atoms with Gasteiger partial charge in [0.05, 0.1) is 17.8 Å². The highest BCUT2D eigenvalue weighted by atomic mass is 16.7. The van der Waals surface area contributed by atoms with E-state index in [1.54, 1.807) is 6.08 Å². The summed E-state index contributed by atoms with van der Waals surface area (Å²) < 4.78 is 11.6. The van der Waals surface area contributed by atoms with Crippen molar-refractivity contribution in [3.63, 3.8) is 0 Å². The van der Waals surface area contributed by atoms with Gasteiger partial charge in [-0.2, -0.15) is 0 Å². The van der Waals surface area contributed by atoms with Gasteiger partial charge in [-0.05, 0) is 75.0 Å². The van der Waals surface area contributed by atoms with Gasteiger partial charge in [0, 0.05) is 6.61 Å². The predicted molar refractivity (Wildman–Crippen MR) is 127 cm³/mol. The molecule has 0 aromatic heterocycles. The molecule has 8 heteroatoms. The summed E-state index contributed by atoms with van der Waals surface area (Å²) >= 11 is 0. The second kappa shape index (κ2) is 10.1. The van der Waals surface area contributed by atoms with Gasteiger partial charge in [0.25, 0.3) is 0 Å². The van der Waals surface area contributed by atoms with Crippen molar-refractivity contribution in [2.45, 2.75) is 115 Å². The van der Waals surface area contributed by atoms with Gasteiger partial charge >= 0.3 is 0 Å². The molecule has 3 aliphatic rings. The first-order valence-corrected chi connectivity index (χ1v) is 12.7. The Balaban J connectivity index is 1.78. The van der Waals surface area contributed by atoms with Crippen molar-refractivity contribution in [2.75, 3.05) is 13.2 Å². The Labute approximate surface area is 203 Å². The van der Waals surface area contributed by atoms with E-state index in [1.807, 2.05) is 13.8 Å². The molecule has 1 heterocycles. The molecule has 0 amide bonds. The van der Waals surface area contributed by atoms with E-state index in [9.17, 15) is 30.6 Å². The molecule has 2 aliphatic carbocycles. The highest BCUT2D eigenvalue weighted by Gasteiger charge is 2.59. The summed E-state index contributed by atoms with van der Waals surface area (Å²) in [6.07, 6.45) is 0.570. The van der Waals surface area contributed by atoms with E-state index in [-0.39, 0.29) is 23.4 Å². The minimum Gasteiger partial charge on any atom is -0.396 e. The Hall–Kier alpha value is -0.580. The van der Waals surface area contributed by atoms with Gasteiger partial charge in [0.2, 0.25) is 0 Å². The molecule has 1 saturated heterocycles. The summed E-state index contributed by atoms with van der Waals surface area (Å²) in [6.45, 7) is 11.7. The fourth-order valence-electron chi connectivity index (χ4n) is 7.33. The normalized spacial score (nSPS) is 49.2. The molecule has 3 fully saturated rings. The topological polar surface area (TPSA) is 140 Å². The Morgan fingerprint density at radius 3 is 2.32 bits per heavy atom. The highest BCUT2D eigenvalue weighted by molar-refractivity contribution is 5.09. The first-order valence-electron chi connectivity index (χ1n) is 12.7. The molecule has 0 aromatic carbocycles. The number of aliphatic hydroxyl groups is 6. The first-order chi connectivity index (χ1) is 15.8. The zero-order valence-corrected chi connectivity index (χ0v) is 21.2. The largest absolute Gasteiger partial charge is 0.396 e. The molecule has 0 spiro atoms. The van der Waals surface area contributed by atoms with Crippen LogP contribution in [0.25, 0.3) is 0 Å². The van der Waals surface area contributed by atoms with E-state index in [2.05, 4.69) is 20.4 Å². The molecular weight excluding hydrogens is 440 g/mol. The fraction of sp³-hybridized carbons (Fsp3) is 0.923. The average Bonchev–Trinajstić information content (AvgIpc) is 2.78. The third-order valence-corrected chi connectivity index (χ3v) is 9.54. The zero-order valence-electron chi connectivity index (χ0n) is 21.2. The van der Waals surface area contributed by atoms with Crippen molar-refractivity contribution in [1.82, 2.24) is 0 Å². The van der Waals surface area contributed by atoms with Gasteiger partial charge < -0.3 is 40.1 Å². The molecule has 3 rings (SSSR count). The number of rotatable bonds is 8. The molecule has 11 atom stereocenters. The number of hydrogen-bond donors (Lipinski definition) is 6. The number of ether oxygens (including phenoxy) is 2. The Morgan fingerprint density at radius 1 is 1.06 bits per heavy atom. The van der Waals surface area contributed by atoms with Crippen LogP contribution >= 0.6 is 0 Å². The monoisotopic (exact) mass is 486 g/mol. The lowest BCUT2D eigenvalue weighted by molar-refractivity contribution is -0.320.